The van der Waals surface area contributed by atoms with Crippen LogP contribution in [-0.4, -0.2) is 30.1 Å². The standard InChI is InChI=1S/C27H31NO3S/c29-15-6-16-32-20-23-9-4-5-10-26(23)28-18-25-14-12-22-11-13-24(17-27(22)31-25)30-19-21-7-2-1-3-8-21/h1-5,7-11,13,17,25,28-29H,6,12,14-16,18-20H2/t25-/m1/s1. The summed E-state index contributed by atoms with van der Waals surface area (Å²) in [6.07, 6.45) is 2.98. The van der Waals surface area contributed by atoms with Gasteiger partial charge >= 0.3 is 0 Å². The fourth-order valence-corrected chi connectivity index (χ4v) is 4.72. The highest BCUT2D eigenvalue weighted by Crippen LogP contribution is 2.32. The summed E-state index contributed by atoms with van der Waals surface area (Å²) in [5.74, 6) is 3.69. The highest BCUT2D eigenvalue weighted by atomic mass is 32.2. The molecule has 0 bridgehead atoms. The molecular weight excluding hydrogens is 418 g/mol. The van der Waals surface area contributed by atoms with Gasteiger partial charge in [-0.2, -0.15) is 11.8 Å². The van der Waals surface area contributed by atoms with Crippen LogP contribution in [0.5, 0.6) is 11.5 Å². The Morgan fingerprint density at radius 3 is 2.75 bits per heavy atom. The lowest BCUT2D eigenvalue weighted by atomic mass is 10.0. The van der Waals surface area contributed by atoms with E-state index in [1.807, 2.05) is 42.1 Å². The molecule has 1 heterocycles. The van der Waals surface area contributed by atoms with E-state index >= 15 is 0 Å². The maximum Gasteiger partial charge on any atom is 0.126 e. The van der Waals surface area contributed by atoms with Crippen molar-refractivity contribution in [2.45, 2.75) is 37.7 Å². The minimum atomic E-state index is 0.127. The SMILES string of the molecule is OCCCSCc1ccccc1NC[C@H]1CCc2ccc(OCc3ccccc3)cc2O1. The summed E-state index contributed by atoms with van der Waals surface area (Å²) in [6.45, 7) is 1.58. The van der Waals surface area contributed by atoms with E-state index in [1.54, 1.807) is 0 Å². The third kappa shape index (κ3) is 6.44. The Kier molecular flexibility index (Phi) is 8.35. The van der Waals surface area contributed by atoms with Crippen molar-refractivity contribution in [2.24, 2.45) is 0 Å². The molecule has 0 aliphatic carbocycles. The van der Waals surface area contributed by atoms with Crippen molar-refractivity contribution < 1.29 is 14.6 Å². The van der Waals surface area contributed by atoms with Gasteiger partial charge in [-0.05, 0) is 53.8 Å². The number of hydrogen-bond acceptors (Lipinski definition) is 5. The number of anilines is 1. The Labute approximate surface area is 195 Å². The lowest BCUT2D eigenvalue weighted by Crippen LogP contribution is -2.30. The molecule has 0 saturated carbocycles. The first-order chi connectivity index (χ1) is 15.8. The van der Waals surface area contributed by atoms with Crippen LogP contribution >= 0.6 is 11.8 Å². The molecule has 0 amide bonds. The van der Waals surface area contributed by atoms with Gasteiger partial charge in [-0.1, -0.05) is 54.6 Å². The van der Waals surface area contributed by atoms with Crippen LogP contribution in [0.3, 0.4) is 0 Å². The Balaban J connectivity index is 1.31. The summed E-state index contributed by atoms with van der Waals surface area (Å²) in [7, 11) is 0. The molecule has 0 fully saturated rings. The topological polar surface area (TPSA) is 50.7 Å². The molecule has 0 radical (unpaired) electrons. The van der Waals surface area contributed by atoms with E-state index in [0.29, 0.717) is 6.61 Å². The zero-order chi connectivity index (χ0) is 22.0. The predicted molar refractivity (Wildman–Crippen MR) is 133 cm³/mol. The summed E-state index contributed by atoms with van der Waals surface area (Å²) in [5.41, 5.74) is 4.86. The highest BCUT2D eigenvalue weighted by molar-refractivity contribution is 7.98. The number of aliphatic hydroxyl groups is 1. The van der Waals surface area contributed by atoms with E-state index in [2.05, 4.69) is 47.8 Å². The van der Waals surface area contributed by atoms with Crippen molar-refractivity contribution >= 4 is 17.4 Å². The molecule has 0 unspecified atom stereocenters. The van der Waals surface area contributed by atoms with E-state index in [9.17, 15) is 0 Å². The summed E-state index contributed by atoms with van der Waals surface area (Å²) < 4.78 is 12.3. The molecule has 4 rings (SSSR count). The number of aryl methyl sites for hydroxylation is 1. The third-order valence-electron chi connectivity index (χ3n) is 5.56. The molecule has 2 N–H and O–H groups in total. The number of hydrogen-bond donors (Lipinski definition) is 2. The van der Waals surface area contributed by atoms with Crippen LogP contribution < -0.4 is 14.8 Å². The van der Waals surface area contributed by atoms with Crippen molar-refractivity contribution in [2.75, 3.05) is 24.2 Å². The lowest BCUT2D eigenvalue weighted by Gasteiger charge is -2.27. The fraction of sp³-hybridized carbons (Fsp3) is 0.333. The Morgan fingerprint density at radius 1 is 1.03 bits per heavy atom. The average Bonchev–Trinajstić information content (AvgIpc) is 2.85. The fourth-order valence-electron chi connectivity index (χ4n) is 3.77. The third-order valence-corrected chi connectivity index (χ3v) is 6.65. The highest BCUT2D eigenvalue weighted by Gasteiger charge is 2.20. The van der Waals surface area contributed by atoms with Crippen molar-refractivity contribution in [3.63, 3.8) is 0 Å². The Hall–Kier alpha value is -2.63. The van der Waals surface area contributed by atoms with Gasteiger partial charge in [-0.3, -0.25) is 0 Å². The zero-order valence-corrected chi connectivity index (χ0v) is 19.2. The number of fused-ring (bicyclic) bond motifs is 1. The van der Waals surface area contributed by atoms with Crippen LogP contribution in [-0.2, 0) is 18.8 Å². The molecule has 168 valence electrons. The predicted octanol–water partition coefficient (Wildman–Crippen LogP) is 5.69. The molecule has 4 nitrogen and oxygen atoms in total. The van der Waals surface area contributed by atoms with E-state index in [1.165, 1.54) is 16.8 Å². The molecule has 1 aliphatic rings. The van der Waals surface area contributed by atoms with Gasteiger partial charge in [0.15, 0.2) is 0 Å². The molecule has 1 atom stereocenters. The number of thioether (sulfide) groups is 1. The summed E-state index contributed by atoms with van der Waals surface area (Å²) in [6, 6.07) is 24.8. The largest absolute Gasteiger partial charge is 0.489 e. The number of aliphatic hydroxyl groups excluding tert-OH is 1. The van der Waals surface area contributed by atoms with Gasteiger partial charge in [0.1, 0.15) is 24.2 Å². The van der Waals surface area contributed by atoms with Crippen LogP contribution in [0.4, 0.5) is 5.69 Å². The molecule has 0 spiro atoms. The first-order valence-electron chi connectivity index (χ1n) is 11.3. The normalized spacial score (nSPS) is 15.0. The quantitative estimate of drug-likeness (QED) is 0.369. The number of rotatable bonds is 11. The maximum atomic E-state index is 8.97. The number of benzene rings is 3. The number of para-hydroxylation sites is 1. The van der Waals surface area contributed by atoms with Gasteiger partial charge in [-0.25, -0.2) is 0 Å². The molecule has 32 heavy (non-hydrogen) atoms. The maximum absolute atomic E-state index is 8.97. The van der Waals surface area contributed by atoms with E-state index in [4.69, 9.17) is 14.6 Å². The number of ether oxygens (including phenoxy) is 2. The Bertz CT molecular complexity index is 980. The van der Waals surface area contributed by atoms with E-state index < -0.39 is 0 Å². The van der Waals surface area contributed by atoms with Gasteiger partial charge < -0.3 is 19.9 Å². The molecular formula is C27H31NO3S. The van der Waals surface area contributed by atoms with E-state index in [-0.39, 0.29) is 12.7 Å². The minimum Gasteiger partial charge on any atom is -0.489 e. The first kappa shape index (κ1) is 22.6. The van der Waals surface area contributed by atoms with Gasteiger partial charge in [-0.15, -0.1) is 0 Å². The van der Waals surface area contributed by atoms with Crippen LogP contribution in [0.25, 0.3) is 0 Å². The molecule has 3 aromatic carbocycles. The number of nitrogens with one attached hydrogen (secondary N) is 1. The molecule has 0 aromatic heterocycles. The van der Waals surface area contributed by atoms with Crippen LogP contribution in [0, 0.1) is 0 Å². The Morgan fingerprint density at radius 2 is 1.88 bits per heavy atom. The van der Waals surface area contributed by atoms with Crippen LogP contribution in [0.1, 0.15) is 29.5 Å². The van der Waals surface area contributed by atoms with Crippen LogP contribution in [0.15, 0.2) is 72.8 Å². The van der Waals surface area contributed by atoms with E-state index in [0.717, 1.165) is 54.4 Å². The van der Waals surface area contributed by atoms with Crippen molar-refractivity contribution in [1.82, 2.24) is 0 Å². The molecule has 3 aromatic rings. The molecule has 0 saturated heterocycles. The van der Waals surface area contributed by atoms with Gasteiger partial charge in [0, 0.05) is 24.1 Å². The minimum absolute atomic E-state index is 0.127. The van der Waals surface area contributed by atoms with Gasteiger partial charge in [0.2, 0.25) is 0 Å². The van der Waals surface area contributed by atoms with Crippen molar-refractivity contribution in [1.29, 1.82) is 0 Å². The zero-order valence-electron chi connectivity index (χ0n) is 18.3. The second-order valence-corrected chi connectivity index (χ2v) is 9.10. The second kappa shape index (κ2) is 11.8. The second-order valence-electron chi connectivity index (χ2n) is 7.99. The monoisotopic (exact) mass is 449 g/mol. The summed E-state index contributed by atoms with van der Waals surface area (Å²) in [5, 5.41) is 12.6. The van der Waals surface area contributed by atoms with Crippen molar-refractivity contribution in [3.05, 3.63) is 89.5 Å². The van der Waals surface area contributed by atoms with Crippen molar-refractivity contribution in [3.8, 4) is 11.5 Å². The smallest absolute Gasteiger partial charge is 0.126 e. The van der Waals surface area contributed by atoms with Gasteiger partial charge in [0.25, 0.3) is 0 Å². The summed E-state index contributed by atoms with van der Waals surface area (Å²) >= 11 is 1.86. The molecule has 5 heteroatoms. The first-order valence-corrected chi connectivity index (χ1v) is 12.4. The summed E-state index contributed by atoms with van der Waals surface area (Å²) in [4.78, 5) is 0. The van der Waals surface area contributed by atoms with Crippen LogP contribution in [0.2, 0.25) is 0 Å². The molecule has 1 aliphatic heterocycles. The van der Waals surface area contributed by atoms with Gasteiger partial charge in [0.05, 0.1) is 6.54 Å². The lowest BCUT2D eigenvalue weighted by molar-refractivity contribution is 0.184. The average molecular weight is 450 g/mol.